The van der Waals surface area contributed by atoms with Crippen LogP contribution in [0, 0.1) is 6.92 Å². The molecule has 0 aliphatic rings. The summed E-state index contributed by atoms with van der Waals surface area (Å²) in [6, 6.07) is 13.2. The van der Waals surface area contributed by atoms with Crippen LogP contribution in [0.4, 0.5) is 5.69 Å². The van der Waals surface area contributed by atoms with Crippen LogP contribution in [0.25, 0.3) is 10.9 Å². The number of para-hydroxylation sites is 1. The van der Waals surface area contributed by atoms with Crippen molar-refractivity contribution in [1.29, 1.82) is 0 Å². The van der Waals surface area contributed by atoms with Gasteiger partial charge in [0.2, 0.25) is 5.91 Å². The number of carbonyl (C=O) groups excluding carboxylic acids is 1. The molecule has 0 aliphatic heterocycles. The first-order valence-electron chi connectivity index (χ1n) is 8.52. The van der Waals surface area contributed by atoms with E-state index >= 15 is 0 Å². The molecule has 0 atom stereocenters. The van der Waals surface area contributed by atoms with E-state index in [1.54, 1.807) is 17.0 Å². The fourth-order valence-corrected chi connectivity index (χ4v) is 3.35. The first kappa shape index (κ1) is 18.3. The summed E-state index contributed by atoms with van der Waals surface area (Å²) < 4.78 is 2.33. The Balaban J connectivity index is 1.81. The molecule has 1 amide bonds. The van der Waals surface area contributed by atoms with Gasteiger partial charge in [0.15, 0.2) is 0 Å². The van der Waals surface area contributed by atoms with Gasteiger partial charge >= 0.3 is 0 Å². The van der Waals surface area contributed by atoms with Crippen molar-refractivity contribution in [2.24, 2.45) is 0 Å². The van der Waals surface area contributed by atoms with Crippen LogP contribution in [-0.4, -0.2) is 22.0 Å². The number of aryl methyl sites for hydroxylation is 2. The molecule has 5 nitrogen and oxygen atoms in total. The molecule has 1 aromatic heterocycles. The van der Waals surface area contributed by atoms with E-state index < -0.39 is 0 Å². The van der Waals surface area contributed by atoms with Crippen LogP contribution in [0.5, 0.6) is 0 Å². The van der Waals surface area contributed by atoms with Crippen molar-refractivity contribution in [3.63, 3.8) is 0 Å². The molecule has 6 heteroatoms. The fraction of sp³-hybridized carbons (Fsp3) is 0.250. The summed E-state index contributed by atoms with van der Waals surface area (Å²) in [5, 5.41) is 0.542. The third-order valence-electron chi connectivity index (χ3n) is 4.38. The lowest BCUT2D eigenvalue weighted by Crippen LogP contribution is -2.33. The predicted octanol–water partition coefficient (Wildman–Crippen LogP) is 3.91. The number of anilines is 1. The fourth-order valence-electron chi connectivity index (χ4n) is 2.99. The van der Waals surface area contributed by atoms with Gasteiger partial charge in [-0.25, -0.2) is 4.98 Å². The van der Waals surface area contributed by atoms with Gasteiger partial charge in [0, 0.05) is 29.7 Å². The molecule has 0 unspecified atom stereocenters. The monoisotopic (exact) mass is 413 g/mol. The molecule has 3 rings (SSSR count). The summed E-state index contributed by atoms with van der Waals surface area (Å²) in [6.45, 7) is 4.82. The van der Waals surface area contributed by atoms with Gasteiger partial charge in [-0.05, 0) is 43.7 Å². The smallest absolute Gasteiger partial charge is 0.261 e. The molecule has 1 heterocycles. The highest BCUT2D eigenvalue weighted by atomic mass is 79.9. The third-order valence-corrected chi connectivity index (χ3v) is 4.87. The van der Waals surface area contributed by atoms with Crippen molar-refractivity contribution in [3.8, 4) is 0 Å². The van der Waals surface area contributed by atoms with Crippen LogP contribution in [0.1, 0.15) is 18.9 Å². The Kier molecular flexibility index (Phi) is 5.52. The minimum absolute atomic E-state index is 0.0111. The SMILES string of the molecule is CCN(C(=O)CCn1cnc2ccc(Br)cc2c1=O)c1ccccc1C. The Morgan fingerprint density at radius 2 is 2.00 bits per heavy atom. The topological polar surface area (TPSA) is 55.2 Å². The third kappa shape index (κ3) is 3.70. The molecule has 0 fully saturated rings. The molecule has 0 radical (unpaired) electrons. The van der Waals surface area contributed by atoms with E-state index in [0.717, 1.165) is 15.7 Å². The number of nitrogens with zero attached hydrogens (tertiary/aromatic N) is 3. The summed E-state index contributed by atoms with van der Waals surface area (Å²) in [6.07, 6.45) is 1.75. The molecule has 0 spiro atoms. The lowest BCUT2D eigenvalue weighted by atomic mass is 10.1. The van der Waals surface area contributed by atoms with Crippen LogP contribution in [-0.2, 0) is 11.3 Å². The molecule has 0 saturated heterocycles. The van der Waals surface area contributed by atoms with Gasteiger partial charge in [0.25, 0.3) is 5.56 Å². The van der Waals surface area contributed by atoms with Crippen LogP contribution in [0.3, 0.4) is 0 Å². The van der Waals surface area contributed by atoms with Crippen molar-refractivity contribution in [2.45, 2.75) is 26.8 Å². The number of rotatable bonds is 5. The Morgan fingerprint density at radius 3 is 2.73 bits per heavy atom. The standard InChI is InChI=1S/C20H20BrN3O2/c1-3-24(18-7-5-4-6-14(18)2)19(25)10-11-23-13-22-17-9-8-15(21)12-16(17)20(23)26/h4-9,12-13H,3,10-11H2,1-2H3. The Hall–Kier alpha value is -2.47. The van der Waals surface area contributed by atoms with Crippen molar-refractivity contribution < 1.29 is 4.79 Å². The number of benzene rings is 2. The highest BCUT2D eigenvalue weighted by Crippen LogP contribution is 2.20. The number of amides is 1. The van der Waals surface area contributed by atoms with E-state index in [1.165, 1.54) is 10.9 Å². The van der Waals surface area contributed by atoms with Crippen molar-refractivity contribution in [1.82, 2.24) is 9.55 Å². The van der Waals surface area contributed by atoms with Gasteiger partial charge in [-0.2, -0.15) is 0 Å². The first-order chi connectivity index (χ1) is 12.5. The number of hydrogen-bond donors (Lipinski definition) is 0. The van der Waals surface area contributed by atoms with Crippen LogP contribution < -0.4 is 10.5 Å². The zero-order chi connectivity index (χ0) is 18.7. The Labute approximate surface area is 160 Å². The van der Waals surface area contributed by atoms with E-state index in [0.29, 0.717) is 24.0 Å². The molecule has 134 valence electrons. The van der Waals surface area contributed by atoms with E-state index in [1.807, 2.05) is 44.2 Å². The number of carbonyl (C=O) groups is 1. The molecule has 0 saturated carbocycles. The average molecular weight is 414 g/mol. The highest BCUT2D eigenvalue weighted by molar-refractivity contribution is 9.10. The Morgan fingerprint density at radius 1 is 1.23 bits per heavy atom. The van der Waals surface area contributed by atoms with E-state index in [9.17, 15) is 9.59 Å². The number of aromatic nitrogens is 2. The molecule has 0 aliphatic carbocycles. The lowest BCUT2D eigenvalue weighted by molar-refractivity contribution is -0.118. The molecule has 3 aromatic rings. The maximum atomic E-state index is 12.7. The number of hydrogen-bond acceptors (Lipinski definition) is 3. The summed E-state index contributed by atoms with van der Waals surface area (Å²) >= 11 is 3.38. The van der Waals surface area contributed by atoms with Gasteiger partial charge in [-0.15, -0.1) is 0 Å². The van der Waals surface area contributed by atoms with Gasteiger partial charge in [0.1, 0.15) is 0 Å². The minimum Gasteiger partial charge on any atom is -0.312 e. The zero-order valence-corrected chi connectivity index (χ0v) is 16.4. The van der Waals surface area contributed by atoms with Gasteiger partial charge < -0.3 is 4.90 Å². The summed E-state index contributed by atoms with van der Waals surface area (Å²) in [4.78, 5) is 31.4. The quantitative estimate of drug-likeness (QED) is 0.636. The van der Waals surface area contributed by atoms with Crippen molar-refractivity contribution in [2.75, 3.05) is 11.4 Å². The largest absolute Gasteiger partial charge is 0.312 e. The molecule has 0 bridgehead atoms. The Bertz CT molecular complexity index is 1010. The number of fused-ring (bicyclic) bond motifs is 1. The van der Waals surface area contributed by atoms with E-state index in [-0.39, 0.29) is 17.9 Å². The number of halogens is 1. The van der Waals surface area contributed by atoms with E-state index in [2.05, 4.69) is 20.9 Å². The molecular weight excluding hydrogens is 394 g/mol. The normalized spacial score (nSPS) is 10.9. The van der Waals surface area contributed by atoms with E-state index in [4.69, 9.17) is 0 Å². The van der Waals surface area contributed by atoms with Crippen LogP contribution in [0.2, 0.25) is 0 Å². The average Bonchev–Trinajstić information content (AvgIpc) is 2.64. The minimum atomic E-state index is -0.136. The zero-order valence-electron chi connectivity index (χ0n) is 14.8. The molecule has 26 heavy (non-hydrogen) atoms. The van der Waals surface area contributed by atoms with Crippen molar-refractivity contribution >= 4 is 38.4 Å². The second-order valence-electron chi connectivity index (χ2n) is 6.08. The lowest BCUT2D eigenvalue weighted by Gasteiger charge is -2.23. The molecular formula is C20H20BrN3O2. The maximum Gasteiger partial charge on any atom is 0.261 e. The first-order valence-corrected chi connectivity index (χ1v) is 9.31. The van der Waals surface area contributed by atoms with Crippen molar-refractivity contribution in [3.05, 3.63) is 69.2 Å². The van der Waals surface area contributed by atoms with Crippen LogP contribution in [0.15, 0.2) is 58.1 Å². The van der Waals surface area contributed by atoms with Crippen LogP contribution >= 0.6 is 15.9 Å². The highest BCUT2D eigenvalue weighted by Gasteiger charge is 2.16. The molecule has 0 N–H and O–H groups in total. The summed E-state index contributed by atoms with van der Waals surface area (Å²) in [7, 11) is 0. The van der Waals surface area contributed by atoms with Gasteiger partial charge in [-0.3, -0.25) is 14.2 Å². The van der Waals surface area contributed by atoms with Gasteiger partial charge in [-0.1, -0.05) is 34.1 Å². The summed E-state index contributed by atoms with van der Waals surface area (Å²) in [5.74, 6) is -0.0111. The van der Waals surface area contributed by atoms with Gasteiger partial charge in [0.05, 0.1) is 17.2 Å². The second-order valence-corrected chi connectivity index (χ2v) is 6.99. The summed E-state index contributed by atoms with van der Waals surface area (Å²) in [5.41, 5.74) is 2.48. The predicted molar refractivity (Wildman–Crippen MR) is 108 cm³/mol. The maximum absolute atomic E-state index is 12.7. The molecule has 2 aromatic carbocycles. The second kappa shape index (κ2) is 7.83.